The second-order valence-corrected chi connectivity index (χ2v) is 10.8. The molecule has 0 aromatic rings. The zero-order chi connectivity index (χ0) is 36.5. The maximum atomic E-state index is 12.6. The number of hydrogen-bond donors (Lipinski definition) is 5. The predicted octanol–water partition coefficient (Wildman–Crippen LogP) is -0.203. The highest BCUT2D eigenvalue weighted by Crippen LogP contribution is 2.14. The Morgan fingerprint density at radius 2 is 1.08 bits per heavy atom. The van der Waals surface area contributed by atoms with Crippen LogP contribution in [0.3, 0.4) is 0 Å². The van der Waals surface area contributed by atoms with E-state index in [1.165, 1.54) is 52.3 Å². The van der Waals surface area contributed by atoms with Crippen molar-refractivity contribution in [1.29, 1.82) is 0 Å². The van der Waals surface area contributed by atoms with Gasteiger partial charge in [0.2, 0.25) is 35.4 Å². The predicted molar refractivity (Wildman–Crippen MR) is 186 cm³/mol. The van der Waals surface area contributed by atoms with E-state index < -0.39 is 29.4 Å². The average molecular weight is 670 g/mol. The quantitative estimate of drug-likeness (QED) is 0.0384. The summed E-state index contributed by atoms with van der Waals surface area (Å²) < 4.78 is 0. The monoisotopic (exact) mass is 669 g/mol. The number of amides is 6. The first-order valence-electron chi connectivity index (χ1n) is 15.3. The van der Waals surface area contributed by atoms with E-state index in [0.717, 1.165) is 12.2 Å². The van der Waals surface area contributed by atoms with E-state index in [1.807, 2.05) is 0 Å². The zero-order valence-corrected chi connectivity index (χ0v) is 28.1. The number of hydrogen-bond acceptors (Lipinski definition) is 8. The number of nitrogens with one attached hydrogen (secondary N) is 4. The summed E-state index contributed by atoms with van der Waals surface area (Å²) in [5, 5.41) is 20.8. The Morgan fingerprint density at radius 3 is 1.54 bits per heavy atom. The van der Waals surface area contributed by atoms with Crippen molar-refractivity contribution < 1.29 is 33.9 Å². The smallest absolute Gasteiger partial charge is 0.246 e. The molecule has 0 heterocycles. The number of carbonyl (C=O) groups excluding carboxylic acids is 6. The molecule has 0 aromatic carbocycles. The summed E-state index contributed by atoms with van der Waals surface area (Å²) in [6, 6.07) is 0. The van der Waals surface area contributed by atoms with Crippen molar-refractivity contribution in [2.75, 3.05) is 66.5 Å². The van der Waals surface area contributed by atoms with Crippen molar-refractivity contribution in [3.8, 4) is 0 Å². The highest BCUT2D eigenvalue weighted by Gasteiger charge is 2.32. The van der Waals surface area contributed by atoms with Gasteiger partial charge in [0.25, 0.3) is 0 Å². The molecule has 0 spiro atoms. The van der Waals surface area contributed by atoms with Gasteiger partial charge in [-0.25, -0.2) is 0 Å². The van der Waals surface area contributed by atoms with Gasteiger partial charge in [0.1, 0.15) is 6.23 Å². The van der Waals surface area contributed by atoms with Crippen LogP contribution < -0.4 is 21.3 Å². The fraction of sp³-hybridized carbons (Fsp3) is 0.412. The van der Waals surface area contributed by atoms with Gasteiger partial charge in [-0.05, 0) is 43.2 Å². The van der Waals surface area contributed by atoms with E-state index in [0.29, 0.717) is 39.0 Å². The third kappa shape index (κ3) is 18.2. The molecule has 0 aliphatic carbocycles. The molecular weight excluding hydrogens is 618 g/mol. The zero-order valence-electron chi connectivity index (χ0n) is 28.1. The van der Waals surface area contributed by atoms with E-state index in [4.69, 9.17) is 0 Å². The van der Waals surface area contributed by atoms with Gasteiger partial charge in [-0.1, -0.05) is 45.0 Å². The molecule has 0 fully saturated rings. The second-order valence-electron chi connectivity index (χ2n) is 10.8. The summed E-state index contributed by atoms with van der Waals surface area (Å²) in [6.45, 7) is 19.0. The van der Waals surface area contributed by atoms with Gasteiger partial charge in [0.05, 0.1) is 0 Å². The van der Waals surface area contributed by atoms with E-state index in [2.05, 4.69) is 54.2 Å². The molecule has 0 aliphatic heterocycles. The van der Waals surface area contributed by atoms with Crippen LogP contribution in [0.15, 0.2) is 87.6 Å². The fourth-order valence-electron chi connectivity index (χ4n) is 4.05. The highest BCUT2D eigenvalue weighted by molar-refractivity contribution is 5.90. The summed E-state index contributed by atoms with van der Waals surface area (Å²) in [5.41, 5.74) is -0.980. The molecule has 6 amide bonds. The minimum Gasteiger partial charge on any atom is -0.375 e. The van der Waals surface area contributed by atoms with Gasteiger partial charge in [0, 0.05) is 84.0 Å². The summed E-state index contributed by atoms with van der Waals surface area (Å²) in [4.78, 5) is 77.4. The molecule has 1 unspecified atom stereocenters. The summed E-state index contributed by atoms with van der Waals surface area (Å²) in [6.07, 6.45) is 11.2. The van der Waals surface area contributed by atoms with E-state index in [1.54, 1.807) is 19.0 Å². The van der Waals surface area contributed by atoms with Crippen LogP contribution in [-0.4, -0.2) is 128 Å². The van der Waals surface area contributed by atoms with Crippen LogP contribution in [0, 0.1) is 5.41 Å². The normalized spacial score (nSPS) is 11.6. The molecule has 264 valence electrons. The lowest BCUT2D eigenvalue weighted by molar-refractivity contribution is -0.126. The van der Waals surface area contributed by atoms with Crippen molar-refractivity contribution in [1.82, 2.24) is 36.0 Å². The van der Waals surface area contributed by atoms with Gasteiger partial charge in [-0.2, -0.15) is 0 Å². The SMILES string of the molecule is C=CC(=O)NCC(CNC(=O)C=C)(CNC(=O)/C=C\C=C\C(=O)N(C)CCCN(CCCN(C)C(=O)C=C)C(=O)C=C)CNC(O)C=C. The van der Waals surface area contributed by atoms with Crippen LogP contribution in [0.4, 0.5) is 0 Å². The largest absolute Gasteiger partial charge is 0.375 e. The van der Waals surface area contributed by atoms with E-state index >= 15 is 0 Å². The molecule has 0 bridgehead atoms. The van der Waals surface area contributed by atoms with Crippen LogP contribution in [0.25, 0.3) is 0 Å². The van der Waals surface area contributed by atoms with Crippen LogP contribution >= 0.6 is 0 Å². The number of nitrogens with zero attached hydrogens (tertiary/aromatic N) is 3. The lowest BCUT2D eigenvalue weighted by Crippen LogP contribution is -2.56. The van der Waals surface area contributed by atoms with Crippen LogP contribution in [0.1, 0.15) is 12.8 Å². The molecule has 0 aromatic heterocycles. The molecular formula is C34H51N7O7. The summed E-state index contributed by atoms with van der Waals surface area (Å²) in [7, 11) is 3.27. The average Bonchev–Trinajstić information content (AvgIpc) is 3.10. The molecule has 0 aliphatic rings. The first-order valence-corrected chi connectivity index (χ1v) is 15.3. The van der Waals surface area contributed by atoms with Gasteiger partial charge in [-0.3, -0.25) is 34.1 Å². The van der Waals surface area contributed by atoms with E-state index in [9.17, 15) is 33.9 Å². The number of aliphatic hydroxyl groups is 1. The Morgan fingerprint density at radius 1 is 0.625 bits per heavy atom. The van der Waals surface area contributed by atoms with Crippen LogP contribution in [0.2, 0.25) is 0 Å². The lowest BCUT2D eigenvalue weighted by atomic mass is 9.86. The number of aliphatic hydroxyl groups excluding tert-OH is 1. The van der Waals surface area contributed by atoms with Crippen molar-refractivity contribution >= 4 is 35.4 Å². The number of likely N-dealkylation sites (N-methyl/N-ethyl adjacent to an activating group) is 2. The lowest BCUT2D eigenvalue weighted by Gasteiger charge is -2.35. The first kappa shape index (κ1) is 42.9. The molecule has 0 saturated heterocycles. The third-order valence-electron chi connectivity index (χ3n) is 7.05. The van der Waals surface area contributed by atoms with Crippen molar-refractivity contribution in [3.63, 3.8) is 0 Å². The van der Waals surface area contributed by atoms with Crippen molar-refractivity contribution in [3.05, 3.63) is 87.6 Å². The third-order valence-corrected chi connectivity index (χ3v) is 7.05. The molecule has 0 radical (unpaired) electrons. The molecule has 14 heteroatoms. The van der Waals surface area contributed by atoms with Crippen LogP contribution in [0.5, 0.6) is 0 Å². The topological polar surface area (TPSA) is 180 Å². The molecule has 48 heavy (non-hydrogen) atoms. The maximum absolute atomic E-state index is 12.6. The first-order chi connectivity index (χ1) is 22.8. The van der Waals surface area contributed by atoms with Gasteiger partial charge in [-0.15, -0.1) is 0 Å². The Hall–Kier alpha value is -5.08. The molecule has 0 saturated carbocycles. The minimum absolute atomic E-state index is 0.00443. The molecule has 0 rings (SSSR count). The Labute approximate surface area is 283 Å². The Bertz CT molecular complexity index is 1200. The van der Waals surface area contributed by atoms with Crippen LogP contribution in [-0.2, 0) is 28.8 Å². The van der Waals surface area contributed by atoms with Gasteiger partial charge in [0.15, 0.2) is 0 Å². The van der Waals surface area contributed by atoms with Gasteiger partial charge < -0.3 is 35.8 Å². The summed E-state index contributed by atoms with van der Waals surface area (Å²) in [5.74, 6) is -2.19. The minimum atomic E-state index is -1.08. The van der Waals surface area contributed by atoms with Crippen molar-refractivity contribution in [2.24, 2.45) is 5.41 Å². The molecule has 5 N–H and O–H groups in total. The van der Waals surface area contributed by atoms with Crippen molar-refractivity contribution in [2.45, 2.75) is 19.1 Å². The van der Waals surface area contributed by atoms with Gasteiger partial charge >= 0.3 is 0 Å². The second kappa shape index (κ2) is 24.1. The molecule has 14 nitrogen and oxygen atoms in total. The fourth-order valence-corrected chi connectivity index (χ4v) is 4.05. The maximum Gasteiger partial charge on any atom is 0.246 e. The Balaban J connectivity index is 5.18. The highest BCUT2D eigenvalue weighted by atomic mass is 16.3. The summed E-state index contributed by atoms with van der Waals surface area (Å²) >= 11 is 0. The molecule has 1 atom stereocenters. The van der Waals surface area contributed by atoms with E-state index in [-0.39, 0.29) is 43.9 Å². The number of rotatable bonds is 25. The standard InChI is InChI=1S/C34H51N7O7/c1-8-27(42)35-23-34(24-36-28(43)9-2,25-37-29(44)10-3)26-38-30(45)17-13-14-18-33(48)40(7)20-16-22-41(32(47)12-5)21-15-19-39(6)31(46)11-4/h8-14,17-18,27,35,42H,1-5,15-16,19-26H2,6-7H3,(H,36,43)(H,37,44)(H,38,45)/b17-13-,18-14+. The number of allylic oxidation sites excluding steroid dienone is 2. The number of carbonyl (C=O) groups is 6. The Kier molecular flexibility index (Phi) is 21.6.